The summed E-state index contributed by atoms with van der Waals surface area (Å²) in [6, 6.07) is 0. The number of nitrogens with zero attached hydrogens (tertiary/aromatic N) is 2. The predicted molar refractivity (Wildman–Crippen MR) is 91.7 cm³/mol. The smallest absolute Gasteiger partial charge is 0.168 e. The Morgan fingerprint density at radius 3 is 2.57 bits per heavy atom. The van der Waals surface area contributed by atoms with Gasteiger partial charge in [-0.25, -0.2) is 0 Å². The van der Waals surface area contributed by atoms with Gasteiger partial charge in [-0.1, -0.05) is 0 Å². The average molecular weight is 314 g/mol. The van der Waals surface area contributed by atoms with Crippen LogP contribution in [-0.2, 0) is 4.74 Å². The molecule has 0 aliphatic carbocycles. The number of likely N-dealkylation sites (tertiary alicyclic amines) is 2. The van der Waals surface area contributed by atoms with Crippen LogP contribution >= 0.6 is 12.2 Å². The van der Waals surface area contributed by atoms with Crippen LogP contribution in [0.2, 0.25) is 0 Å². The lowest BCUT2D eigenvalue weighted by Gasteiger charge is -2.35. The van der Waals surface area contributed by atoms with Crippen LogP contribution in [0, 0.1) is 5.92 Å². The lowest BCUT2D eigenvalue weighted by atomic mass is 9.96. The SMILES string of the molecule is CCOCCCNC(=S)N1CCC(CN2CCCC2)CC1. The van der Waals surface area contributed by atoms with Crippen LogP contribution in [-0.4, -0.2) is 67.4 Å². The van der Waals surface area contributed by atoms with Crippen molar-refractivity contribution in [3.8, 4) is 0 Å². The summed E-state index contributed by atoms with van der Waals surface area (Å²) in [5.74, 6) is 0.875. The van der Waals surface area contributed by atoms with E-state index in [9.17, 15) is 0 Å². The second-order valence-electron chi connectivity index (χ2n) is 6.22. The summed E-state index contributed by atoms with van der Waals surface area (Å²) in [4.78, 5) is 4.99. The van der Waals surface area contributed by atoms with Gasteiger partial charge in [0.2, 0.25) is 0 Å². The summed E-state index contributed by atoms with van der Waals surface area (Å²) in [6.45, 7) is 10.8. The molecule has 122 valence electrons. The fourth-order valence-corrected chi connectivity index (χ4v) is 3.56. The minimum Gasteiger partial charge on any atom is -0.382 e. The van der Waals surface area contributed by atoms with Gasteiger partial charge in [-0.05, 0) is 70.3 Å². The quantitative estimate of drug-likeness (QED) is 0.574. The van der Waals surface area contributed by atoms with Gasteiger partial charge in [0, 0.05) is 39.4 Å². The number of piperidine rings is 1. The lowest BCUT2D eigenvalue weighted by Crippen LogP contribution is -2.46. The number of nitrogens with one attached hydrogen (secondary N) is 1. The van der Waals surface area contributed by atoms with Gasteiger partial charge >= 0.3 is 0 Å². The van der Waals surface area contributed by atoms with Gasteiger partial charge in [0.15, 0.2) is 5.11 Å². The minimum absolute atomic E-state index is 0.801. The third-order valence-corrected chi connectivity index (χ3v) is 4.97. The third-order valence-electron chi connectivity index (χ3n) is 4.56. The van der Waals surface area contributed by atoms with E-state index in [0.29, 0.717) is 0 Å². The molecule has 2 heterocycles. The summed E-state index contributed by atoms with van der Waals surface area (Å²) >= 11 is 5.50. The third kappa shape index (κ3) is 6.09. The van der Waals surface area contributed by atoms with Crippen molar-refractivity contribution >= 4 is 17.3 Å². The molecular weight excluding hydrogens is 282 g/mol. The van der Waals surface area contributed by atoms with E-state index < -0.39 is 0 Å². The Morgan fingerprint density at radius 2 is 1.90 bits per heavy atom. The number of rotatable bonds is 7. The van der Waals surface area contributed by atoms with Gasteiger partial charge in [0.1, 0.15) is 0 Å². The second kappa shape index (κ2) is 9.59. The Balaban J connectivity index is 1.56. The molecule has 0 aromatic heterocycles. The summed E-state index contributed by atoms with van der Waals surface area (Å²) in [7, 11) is 0. The number of ether oxygens (including phenoxy) is 1. The maximum Gasteiger partial charge on any atom is 0.168 e. The van der Waals surface area contributed by atoms with E-state index >= 15 is 0 Å². The Morgan fingerprint density at radius 1 is 1.19 bits per heavy atom. The van der Waals surface area contributed by atoms with Crippen LogP contribution in [0.1, 0.15) is 39.0 Å². The molecule has 0 unspecified atom stereocenters. The summed E-state index contributed by atoms with van der Waals surface area (Å²) < 4.78 is 5.34. The maximum atomic E-state index is 5.50. The van der Waals surface area contributed by atoms with Crippen LogP contribution in [0.15, 0.2) is 0 Å². The number of thiocarbonyl (C=S) groups is 1. The molecular formula is C16H31N3OS. The molecule has 0 saturated carbocycles. The second-order valence-corrected chi connectivity index (χ2v) is 6.61. The zero-order chi connectivity index (χ0) is 14.9. The van der Waals surface area contributed by atoms with Crippen molar-refractivity contribution in [2.45, 2.75) is 39.0 Å². The van der Waals surface area contributed by atoms with Crippen LogP contribution in [0.5, 0.6) is 0 Å². The first kappa shape index (κ1) is 17.0. The van der Waals surface area contributed by atoms with E-state index in [1.807, 2.05) is 6.92 Å². The van der Waals surface area contributed by atoms with E-state index in [0.717, 1.165) is 50.3 Å². The summed E-state index contributed by atoms with van der Waals surface area (Å²) in [6.07, 6.45) is 6.40. The van der Waals surface area contributed by atoms with Gasteiger partial charge in [-0.2, -0.15) is 0 Å². The van der Waals surface area contributed by atoms with E-state index in [1.54, 1.807) is 0 Å². The van der Waals surface area contributed by atoms with E-state index in [-0.39, 0.29) is 0 Å². The zero-order valence-corrected chi connectivity index (χ0v) is 14.3. The Kier molecular flexibility index (Phi) is 7.75. The van der Waals surface area contributed by atoms with Crippen LogP contribution in [0.4, 0.5) is 0 Å². The molecule has 0 spiro atoms. The van der Waals surface area contributed by atoms with Gasteiger partial charge in [0.05, 0.1) is 0 Å². The maximum absolute atomic E-state index is 5.50. The molecule has 21 heavy (non-hydrogen) atoms. The first-order chi connectivity index (χ1) is 10.3. The van der Waals surface area contributed by atoms with Gasteiger partial charge < -0.3 is 19.9 Å². The van der Waals surface area contributed by atoms with Crippen LogP contribution < -0.4 is 5.32 Å². The molecule has 1 N–H and O–H groups in total. The van der Waals surface area contributed by atoms with Crippen molar-refractivity contribution in [1.29, 1.82) is 0 Å². The van der Waals surface area contributed by atoms with Gasteiger partial charge in [0.25, 0.3) is 0 Å². The molecule has 2 aliphatic rings. The van der Waals surface area contributed by atoms with Crippen molar-refractivity contribution < 1.29 is 4.74 Å². The minimum atomic E-state index is 0.801. The fourth-order valence-electron chi connectivity index (χ4n) is 3.27. The molecule has 0 amide bonds. The predicted octanol–water partition coefficient (Wildman–Crippen LogP) is 2.10. The molecule has 0 radical (unpaired) electrons. The van der Waals surface area contributed by atoms with E-state index in [2.05, 4.69) is 15.1 Å². The molecule has 0 aromatic carbocycles. The molecule has 5 heteroatoms. The lowest BCUT2D eigenvalue weighted by molar-refractivity contribution is 0.145. The van der Waals surface area contributed by atoms with Crippen molar-refractivity contribution in [2.75, 3.05) is 52.5 Å². The first-order valence-corrected chi connectivity index (χ1v) is 9.03. The fraction of sp³-hybridized carbons (Fsp3) is 0.938. The molecule has 0 atom stereocenters. The molecule has 2 aliphatic heterocycles. The van der Waals surface area contributed by atoms with Crippen molar-refractivity contribution in [2.24, 2.45) is 5.92 Å². The highest BCUT2D eigenvalue weighted by atomic mass is 32.1. The first-order valence-electron chi connectivity index (χ1n) is 8.62. The van der Waals surface area contributed by atoms with Crippen molar-refractivity contribution in [1.82, 2.24) is 15.1 Å². The highest BCUT2D eigenvalue weighted by Crippen LogP contribution is 2.20. The van der Waals surface area contributed by atoms with Crippen LogP contribution in [0.25, 0.3) is 0 Å². The molecule has 2 saturated heterocycles. The summed E-state index contributed by atoms with van der Waals surface area (Å²) in [5, 5.41) is 4.30. The molecule has 2 rings (SSSR count). The van der Waals surface area contributed by atoms with E-state index in [4.69, 9.17) is 17.0 Å². The highest BCUT2D eigenvalue weighted by molar-refractivity contribution is 7.80. The highest BCUT2D eigenvalue weighted by Gasteiger charge is 2.23. The Hall–Kier alpha value is -0.390. The Bertz CT molecular complexity index is 300. The monoisotopic (exact) mass is 313 g/mol. The van der Waals surface area contributed by atoms with Gasteiger partial charge in [-0.15, -0.1) is 0 Å². The average Bonchev–Trinajstić information content (AvgIpc) is 3.00. The topological polar surface area (TPSA) is 27.7 Å². The van der Waals surface area contributed by atoms with Gasteiger partial charge in [-0.3, -0.25) is 0 Å². The van der Waals surface area contributed by atoms with Crippen LogP contribution in [0.3, 0.4) is 0 Å². The zero-order valence-electron chi connectivity index (χ0n) is 13.5. The summed E-state index contributed by atoms with van der Waals surface area (Å²) in [5.41, 5.74) is 0. The molecule has 2 fully saturated rings. The molecule has 4 nitrogen and oxygen atoms in total. The number of hydrogen-bond donors (Lipinski definition) is 1. The van der Waals surface area contributed by atoms with Crippen molar-refractivity contribution in [3.63, 3.8) is 0 Å². The largest absolute Gasteiger partial charge is 0.382 e. The molecule has 0 aromatic rings. The van der Waals surface area contributed by atoms with Crippen molar-refractivity contribution in [3.05, 3.63) is 0 Å². The number of hydrogen-bond acceptors (Lipinski definition) is 3. The normalized spacial score (nSPS) is 20.9. The standard InChI is InChI=1S/C16H31N3OS/c1-2-20-13-5-8-17-16(21)19-11-6-15(7-12-19)14-18-9-3-4-10-18/h15H,2-14H2,1H3,(H,17,21). The Labute approximate surface area is 135 Å². The van der Waals surface area contributed by atoms with E-state index in [1.165, 1.54) is 45.3 Å². The molecule has 0 bridgehead atoms.